The molecular weight excluding hydrogens is 412 g/mol. The maximum Gasteiger partial charge on any atom is 0.410 e. The second-order valence-corrected chi connectivity index (χ2v) is 11.8. The predicted molar refractivity (Wildman–Crippen MR) is 137 cm³/mol. The first-order valence-corrected chi connectivity index (χ1v) is 13.9. The van der Waals surface area contributed by atoms with E-state index >= 15 is 0 Å². The molecule has 4 heterocycles. The Morgan fingerprint density at radius 2 is 1.21 bits per heavy atom. The Kier molecular flexibility index (Phi) is 10.3. The highest BCUT2D eigenvalue weighted by molar-refractivity contribution is 5.68. The van der Waals surface area contributed by atoms with Gasteiger partial charge in [0.2, 0.25) is 0 Å². The minimum Gasteiger partial charge on any atom is -0.444 e. The van der Waals surface area contributed by atoms with E-state index < -0.39 is 5.60 Å². The van der Waals surface area contributed by atoms with Crippen molar-refractivity contribution in [3.05, 3.63) is 0 Å². The molecule has 4 aliphatic rings. The van der Waals surface area contributed by atoms with Gasteiger partial charge in [0.05, 0.1) is 0 Å². The van der Waals surface area contributed by atoms with E-state index in [-0.39, 0.29) is 6.09 Å². The quantitative estimate of drug-likeness (QED) is 0.632. The number of carbonyl (C=O) groups excluding carboxylic acids is 1. The van der Waals surface area contributed by atoms with Crippen LogP contribution >= 0.6 is 0 Å². The largest absolute Gasteiger partial charge is 0.444 e. The lowest BCUT2D eigenvalue weighted by Crippen LogP contribution is -2.51. The Bertz CT molecular complexity index is 579. The minimum atomic E-state index is -0.394. The Morgan fingerprint density at radius 1 is 0.727 bits per heavy atom. The third-order valence-corrected chi connectivity index (χ3v) is 8.07. The molecule has 0 bridgehead atoms. The molecular formula is C27H52N4O2. The smallest absolute Gasteiger partial charge is 0.410 e. The highest BCUT2D eigenvalue weighted by Crippen LogP contribution is 2.26. The molecule has 2 atom stereocenters. The number of rotatable bonds is 2. The highest BCUT2D eigenvalue weighted by atomic mass is 16.6. The molecule has 4 aliphatic heterocycles. The number of nitrogens with zero attached hydrogens (tertiary/aromatic N) is 3. The maximum atomic E-state index is 12.1. The van der Waals surface area contributed by atoms with Gasteiger partial charge in [-0.1, -0.05) is 12.8 Å². The molecule has 4 fully saturated rings. The predicted octanol–water partition coefficient (Wildman–Crippen LogP) is 4.87. The van der Waals surface area contributed by atoms with Crippen LogP contribution in [0.1, 0.15) is 98.8 Å². The van der Waals surface area contributed by atoms with Gasteiger partial charge in [-0.15, -0.1) is 0 Å². The number of piperidine rings is 4. The molecule has 6 heteroatoms. The van der Waals surface area contributed by atoms with E-state index in [2.05, 4.69) is 29.0 Å². The van der Waals surface area contributed by atoms with E-state index in [0.29, 0.717) is 12.1 Å². The van der Waals surface area contributed by atoms with Crippen LogP contribution in [0.5, 0.6) is 0 Å². The number of carbonyl (C=O) groups is 1. The van der Waals surface area contributed by atoms with Crippen LogP contribution < -0.4 is 5.32 Å². The van der Waals surface area contributed by atoms with Crippen LogP contribution in [0.15, 0.2) is 0 Å². The summed E-state index contributed by atoms with van der Waals surface area (Å²) in [5.74, 6) is 0. The lowest BCUT2D eigenvalue weighted by Gasteiger charge is -2.43. The van der Waals surface area contributed by atoms with Gasteiger partial charge in [0.1, 0.15) is 5.60 Å². The van der Waals surface area contributed by atoms with Crippen molar-refractivity contribution in [2.75, 3.05) is 39.3 Å². The average Bonchev–Trinajstić information content (AvgIpc) is 2.80. The fourth-order valence-corrected chi connectivity index (χ4v) is 6.17. The summed E-state index contributed by atoms with van der Waals surface area (Å²) in [7, 11) is 0. The highest BCUT2D eigenvalue weighted by Gasteiger charge is 2.32. The van der Waals surface area contributed by atoms with E-state index in [0.717, 1.165) is 38.0 Å². The Labute approximate surface area is 203 Å². The molecule has 4 saturated heterocycles. The summed E-state index contributed by atoms with van der Waals surface area (Å²) < 4.78 is 5.45. The molecule has 2 unspecified atom stereocenters. The van der Waals surface area contributed by atoms with Gasteiger partial charge in [-0.25, -0.2) is 4.79 Å². The molecule has 192 valence electrons. The fraction of sp³-hybridized carbons (Fsp3) is 0.963. The average molecular weight is 465 g/mol. The van der Waals surface area contributed by atoms with E-state index in [1.807, 2.05) is 25.7 Å². The topological polar surface area (TPSA) is 48.1 Å². The van der Waals surface area contributed by atoms with Gasteiger partial charge in [0, 0.05) is 37.3 Å². The minimum absolute atomic E-state index is 0.150. The van der Waals surface area contributed by atoms with Crippen molar-refractivity contribution < 1.29 is 9.53 Å². The second kappa shape index (κ2) is 12.7. The molecule has 1 N–H and O–H groups in total. The molecule has 0 aromatic carbocycles. The summed E-state index contributed by atoms with van der Waals surface area (Å²) in [6.45, 7) is 17.2. The fourth-order valence-electron chi connectivity index (χ4n) is 6.17. The summed E-state index contributed by atoms with van der Waals surface area (Å²) in [5.41, 5.74) is -0.394. The first kappa shape index (κ1) is 26.7. The lowest BCUT2D eigenvalue weighted by atomic mass is 9.96. The van der Waals surface area contributed by atoms with Gasteiger partial charge in [-0.3, -0.25) is 9.80 Å². The van der Waals surface area contributed by atoms with Crippen LogP contribution in [0.4, 0.5) is 4.79 Å². The van der Waals surface area contributed by atoms with Crippen LogP contribution in [-0.2, 0) is 4.74 Å². The number of hydrogen-bond acceptors (Lipinski definition) is 5. The van der Waals surface area contributed by atoms with Gasteiger partial charge in [-0.05, 0) is 112 Å². The number of hydrogen-bond donors (Lipinski definition) is 1. The van der Waals surface area contributed by atoms with Gasteiger partial charge in [0.15, 0.2) is 0 Å². The molecule has 4 rings (SSSR count). The third-order valence-electron chi connectivity index (χ3n) is 8.07. The van der Waals surface area contributed by atoms with Crippen LogP contribution in [0, 0.1) is 0 Å². The molecule has 6 nitrogen and oxygen atoms in total. The van der Waals surface area contributed by atoms with Crippen molar-refractivity contribution in [1.29, 1.82) is 0 Å². The first-order chi connectivity index (χ1) is 15.7. The maximum absolute atomic E-state index is 12.1. The van der Waals surface area contributed by atoms with E-state index in [1.165, 1.54) is 77.5 Å². The monoisotopic (exact) mass is 464 g/mol. The molecule has 0 radical (unpaired) electrons. The van der Waals surface area contributed by atoms with Crippen LogP contribution in [0.2, 0.25) is 0 Å². The molecule has 0 spiro atoms. The van der Waals surface area contributed by atoms with E-state index in [1.54, 1.807) is 0 Å². The zero-order valence-electron chi connectivity index (χ0n) is 22.3. The summed E-state index contributed by atoms with van der Waals surface area (Å²) in [6.07, 6.45) is 13.1. The van der Waals surface area contributed by atoms with Crippen molar-refractivity contribution in [2.45, 2.75) is 129 Å². The van der Waals surface area contributed by atoms with E-state index in [4.69, 9.17) is 4.74 Å². The van der Waals surface area contributed by atoms with Crippen LogP contribution in [0.25, 0.3) is 0 Å². The SMILES string of the molecule is CC1CCCCN1C1CCN(C(=O)OC(C)(C)C)CC1.CC1CCCCN1C1CCNCC1. The first-order valence-electron chi connectivity index (χ1n) is 13.9. The summed E-state index contributed by atoms with van der Waals surface area (Å²) in [4.78, 5) is 19.3. The van der Waals surface area contributed by atoms with Gasteiger partial charge in [-0.2, -0.15) is 0 Å². The Balaban J connectivity index is 0.000000203. The van der Waals surface area contributed by atoms with Gasteiger partial charge < -0.3 is 15.0 Å². The number of likely N-dealkylation sites (tertiary alicyclic amines) is 3. The summed E-state index contributed by atoms with van der Waals surface area (Å²) >= 11 is 0. The third kappa shape index (κ3) is 8.40. The molecule has 0 aromatic heterocycles. The molecule has 0 aromatic rings. The number of amides is 1. The van der Waals surface area contributed by atoms with Crippen LogP contribution in [-0.4, -0.2) is 89.8 Å². The number of nitrogens with one attached hydrogen (secondary N) is 1. The summed E-state index contributed by atoms with van der Waals surface area (Å²) in [6, 6.07) is 3.10. The van der Waals surface area contributed by atoms with Crippen LogP contribution in [0.3, 0.4) is 0 Å². The Morgan fingerprint density at radius 3 is 1.67 bits per heavy atom. The zero-order chi connectivity index (χ0) is 23.8. The van der Waals surface area contributed by atoms with Crippen molar-refractivity contribution in [3.8, 4) is 0 Å². The molecule has 0 saturated carbocycles. The summed E-state index contributed by atoms with van der Waals surface area (Å²) in [5, 5.41) is 3.44. The standard InChI is InChI=1S/C16H30N2O2.C11H22N2/c1-13-7-5-6-10-18(13)14-8-11-17(12-9-14)15(19)20-16(2,3)4;1-10-4-2-3-9-13(10)11-5-7-12-8-6-11/h13-14H,5-12H2,1-4H3;10-12H,2-9H2,1H3. The normalized spacial score (nSPS) is 29.3. The number of ether oxygens (including phenoxy) is 1. The molecule has 1 amide bonds. The van der Waals surface area contributed by atoms with E-state index in [9.17, 15) is 4.79 Å². The van der Waals surface area contributed by atoms with Crippen molar-refractivity contribution in [2.24, 2.45) is 0 Å². The Hall–Kier alpha value is -0.850. The van der Waals surface area contributed by atoms with Gasteiger partial charge in [0.25, 0.3) is 0 Å². The second-order valence-electron chi connectivity index (χ2n) is 11.8. The van der Waals surface area contributed by atoms with Crippen molar-refractivity contribution in [3.63, 3.8) is 0 Å². The van der Waals surface area contributed by atoms with Crippen molar-refractivity contribution >= 4 is 6.09 Å². The molecule has 33 heavy (non-hydrogen) atoms. The zero-order valence-corrected chi connectivity index (χ0v) is 22.3. The lowest BCUT2D eigenvalue weighted by molar-refractivity contribution is 0.00854. The van der Waals surface area contributed by atoms with Gasteiger partial charge >= 0.3 is 6.09 Å². The van der Waals surface area contributed by atoms with Crippen molar-refractivity contribution in [1.82, 2.24) is 20.0 Å². The molecule has 0 aliphatic carbocycles.